The van der Waals surface area contributed by atoms with E-state index in [9.17, 15) is 13.2 Å². The van der Waals surface area contributed by atoms with E-state index in [0.717, 1.165) is 17.5 Å². The van der Waals surface area contributed by atoms with Crippen molar-refractivity contribution >= 4 is 21.7 Å². The lowest BCUT2D eigenvalue weighted by molar-refractivity contribution is 0.0634. The number of benzene rings is 2. The van der Waals surface area contributed by atoms with E-state index < -0.39 is 9.84 Å². The second-order valence-electron chi connectivity index (χ2n) is 8.03. The molecule has 1 fully saturated rings. The molecule has 2 aromatic rings. The van der Waals surface area contributed by atoms with Gasteiger partial charge in [-0.2, -0.15) is 0 Å². The Kier molecular flexibility index (Phi) is 4.67. The summed E-state index contributed by atoms with van der Waals surface area (Å²) in [5, 5.41) is 0. The SMILES string of the molecule is CCc1ccc(/C=C2\Oc3c(ccc4c3CN([C@H]3CCS(=O)(=O)C3)CO4)C2=O)cc1. The van der Waals surface area contributed by atoms with Crippen molar-refractivity contribution in [2.24, 2.45) is 0 Å². The maximum atomic E-state index is 12.9. The van der Waals surface area contributed by atoms with E-state index in [-0.39, 0.29) is 23.3 Å². The Hall–Kier alpha value is -2.64. The van der Waals surface area contributed by atoms with Crippen molar-refractivity contribution in [2.45, 2.75) is 32.4 Å². The van der Waals surface area contributed by atoms with Gasteiger partial charge in [0.05, 0.1) is 22.6 Å². The molecule has 1 saturated heterocycles. The number of allylic oxidation sites excluding steroid dienone is 1. The molecule has 0 amide bonds. The molecule has 0 N–H and O–H groups in total. The minimum absolute atomic E-state index is 0.0665. The number of carbonyl (C=O) groups excluding carboxylic acids is 1. The molecular formula is C23H23NO5S. The first-order valence-electron chi connectivity index (χ1n) is 10.2. The average Bonchev–Trinajstić information content (AvgIpc) is 3.27. The van der Waals surface area contributed by atoms with Crippen LogP contribution < -0.4 is 9.47 Å². The van der Waals surface area contributed by atoms with Crippen LogP contribution in [0.3, 0.4) is 0 Å². The number of carbonyl (C=O) groups is 1. The van der Waals surface area contributed by atoms with Crippen molar-refractivity contribution in [3.63, 3.8) is 0 Å². The summed E-state index contributed by atoms with van der Waals surface area (Å²) >= 11 is 0. The topological polar surface area (TPSA) is 72.9 Å². The van der Waals surface area contributed by atoms with E-state index in [1.165, 1.54) is 5.56 Å². The van der Waals surface area contributed by atoms with Crippen LogP contribution in [-0.2, 0) is 22.8 Å². The normalized spacial score (nSPS) is 23.7. The second kappa shape index (κ2) is 7.25. The fraction of sp³-hybridized carbons (Fsp3) is 0.348. The van der Waals surface area contributed by atoms with Gasteiger partial charge in [-0.15, -0.1) is 0 Å². The summed E-state index contributed by atoms with van der Waals surface area (Å²) in [5.41, 5.74) is 3.47. The lowest BCUT2D eigenvalue weighted by Gasteiger charge is -2.33. The zero-order valence-corrected chi connectivity index (χ0v) is 17.6. The zero-order valence-electron chi connectivity index (χ0n) is 16.8. The van der Waals surface area contributed by atoms with E-state index in [1.807, 2.05) is 29.2 Å². The number of hydrogen-bond donors (Lipinski definition) is 0. The summed E-state index contributed by atoms with van der Waals surface area (Å²) < 4.78 is 35.6. The first-order valence-corrected chi connectivity index (χ1v) is 12.0. The van der Waals surface area contributed by atoms with Crippen LogP contribution in [0, 0.1) is 0 Å². The van der Waals surface area contributed by atoms with E-state index in [0.29, 0.717) is 42.5 Å². The molecule has 6 nitrogen and oxygen atoms in total. The van der Waals surface area contributed by atoms with Gasteiger partial charge in [-0.3, -0.25) is 9.69 Å². The van der Waals surface area contributed by atoms with Crippen LogP contribution in [0.25, 0.3) is 6.08 Å². The number of aryl methyl sites for hydroxylation is 1. The van der Waals surface area contributed by atoms with Crippen molar-refractivity contribution in [2.75, 3.05) is 18.2 Å². The Bertz CT molecular complexity index is 1150. The molecule has 156 valence electrons. The largest absolute Gasteiger partial charge is 0.478 e. The number of sulfone groups is 1. The molecule has 0 aliphatic carbocycles. The number of fused-ring (bicyclic) bond motifs is 3. The number of hydrogen-bond acceptors (Lipinski definition) is 6. The highest BCUT2D eigenvalue weighted by molar-refractivity contribution is 7.91. The van der Waals surface area contributed by atoms with Gasteiger partial charge < -0.3 is 9.47 Å². The third-order valence-corrected chi connectivity index (χ3v) is 7.81. The molecule has 3 heterocycles. The highest BCUT2D eigenvalue weighted by Crippen LogP contribution is 2.42. The van der Waals surface area contributed by atoms with Crippen LogP contribution in [0.4, 0.5) is 0 Å². The monoisotopic (exact) mass is 425 g/mol. The predicted octanol–water partition coefficient (Wildman–Crippen LogP) is 3.20. The summed E-state index contributed by atoms with van der Waals surface area (Å²) in [5.74, 6) is 1.73. The van der Waals surface area contributed by atoms with Crippen molar-refractivity contribution in [1.82, 2.24) is 4.90 Å². The molecule has 0 saturated carbocycles. The lowest BCUT2D eigenvalue weighted by atomic mass is 10.0. The molecule has 3 aliphatic heterocycles. The number of nitrogens with zero attached hydrogens (tertiary/aromatic N) is 1. The summed E-state index contributed by atoms with van der Waals surface area (Å²) in [6.45, 7) is 2.94. The maximum Gasteiger partial charge on any atom is 0.231 e. The molecule has 0 unspecified atom stereocenters. The molecular weight excluding hydrogens is 402 g/mol. The van der Waals surface area contributed by atoms with Gasteiger partial charge in [0, 0.05) is 12.6 Å². The molecule has 7 heteroatoms. The van der Waals surface area contributed by atoms with E-state index >= 15 is 0 Å². The predicted molar refractivity (Wildman–Crippen MR) is 113 cm³/mol. The molecule has 3 aliphatic rings. The molecule has 5 rings (SSSR count). The fourth-order valence-electron chi connectivity index (χ4n) is 4.27. The van der Waals surface area contributed by atoms with Crippen LogP contribution in [0.15, 0.2) is 42.2 Å². The summed E-state index contributed by atoms with van der Waals surface area (Å²) in [6.07, 6.45) is 3.33. The van der Waals surface area contributed by atoms with Gasteiger partial charge in [0.1, 0.15) is 18.2 Å². The van der Waals surface area contributed by atoms with Crippen LogP contribution in [0.2, 0.25) is 0 Å². The number of ether oxygens (including phenoxy) is 2. The van der Waals surface area contributed by atoms with Crippen LogP contribution in [0.1, 0.15) is 40.4 Å². The van der Waals surface area contributed by atoms with Crippen molar-refractivity contribution in [3.8, 4) is 11.5 Å². The van der Waals surface area contributed by atoms with E-state index in [2.05, 4.69) is 6.92 Å². The number of rotatable bonds is 3. The average molecular weight is 426 g/mol. The first kappa shape index (κ1) is 19.3. The highest BCUT2D eigenvalue weighted by atomic mass is 32.2. The second-order valence-corrected chi connectivity index (χ2v) is 10.3. The third-order valence-electron chi connectivity index (χ3n) is 6.06. The number of ketones is 1. The van der Waals surface area contributed by atoms with Crippen LogP contribution >= 0.6 is 0 Å². The van der Waals surface area contributed by atoms with Crippen molar-refractivity contribution in [1.29, 1.82) is 0 Å². The molecule has 0 spiro atoms. The molecule has 1 atom stereocenters. The van der Waals surface area contributed by atoms with Crippen LogP contribution in [-0.4, -0.2) is 43.4 Å². The minimum Gasteiger partial charge on any atom is -0.478 e. The Balaban J connectivity index is 1.43. The van der Waals surface area contributed by atoms with E-state index in [1.54, 1.807) is 18.2 Å². The van der Waals surface area contributed by atoms with Crippen LogP contribution in [0.5, 0.6) is 11.5 Å². The summed E-state index contributed by atoms with van der Waals surface area (Å²) in [4.78, 5) is 14.9. The van der Waals surface area contributed by atoms with Gasteiger partial charge in [0.15, 0.2) is 15.6 Å². The third kappa shape index (κ3) is 3.42. The fourth-order valence-corrected chi connectivity index (χ4v) is 6.04. The Morgan fingerprint density at radius 2 is 1.97 bits per heavy atom. The lowest BCUT2D eigenvalue weighted by Crippen LogP contribution is -2.41. The quantitative estimate of drug-likeness (QED) is 0.704. The van der Waals surface area contributed by atoms with Gasteiger partial charge in [0.25, 0.3) is 0 Å². The molecule has 0 radical (unpaired) electrons. The maximum absolute atomic E-state index is 12.9. The summed E-state index contributed by atoms with van der Waals surface area (Å²) in [7, 11) is -2.98. The Morgan fingerprint density at radius 3 is 2.67 bits per heavy atom. The van der Waals surface area contributed by atoms with Gasteiger partial charge in [-0.05, 0) is 42.2 Å². The zero-order chi connectivity index (χ0) is 20.9. The van der Waals surface area contributed by atoms with Gasteiger partial charge in [-0.1, -0.05) is 31.2 Å². The smallest absolute Gasteiger partial charge is 0.231 e. The van der Waals surface area contributed by atoms with E-state index in [4.69, 9.17) is 9.47 Å². The Morgan fingerprint density at radius 1 is 1.17 bits per heavy atom. The van der Waals surface area contributed by atoms with Gasteiger partial charge in [0.2, 0.25) is 5.78 Å². The van der Waals surface area contributed by atoms with Gasteiger partial charge in [-0.25, -0.2) is 8.42 Å². The van der Waals surface area contributed by atoms with Crippen molar-refractivity contribution < 1.29 is 22.7 Å². The molecule has 30 heavy (non-hydrogen) atoms. The molecule has 0 aromatic heterocycles. The minimum atomic E-state index is -2.98. The van der Waals surface area contributed by atoms with Crippen molar-refractivity contribution in [3.05, 3.63) is 64.4 Å². The first-order chi connectivity index (χ1) is 14.4. The number of Topliss-reactive ketones (excluding diaryl/α,β-unsaturated/α-hetero) is 1. The highest BCUT2D eigenvalue weighted by Gasteiger charge is 2.38. The standard InChI is InChI=1S/C23H23NO5S/c1-2-15-3-5-16(6-4-15)11-21-22(25)18-7-8-20-19(23(18)29-21)12-24(14-28-20)17-9-10-30(26,27)13-17/h3-8,11,17H,2,9-10,12-14H2,1H3/b21-11-/t17-/m0/s1. The molecule has 0 bridgehead atoms. The van der Waals surface area contributed by atoms with Gasteiger partial charge >= 0.3 is 0 Å². The molecule has 2 aromatic carbocycles. The summed E-state index contributed by atoms with van der Waals surface area (Å²) in [6, 6.07) is 11.5. The Labute approximate surface area is 176 Å².